The Morgan fingerprint density at radius 2 is 2.27 bits per heavy atom. The highest BCUT2D eigenvalue weighted by atomic mass is 16.5. The van der Waals surface area contributed by atoms with Gasteiger partial charge in [-0.1, -0.05) is 24.3 Å². The number of nitrogens with one attached hydrogen (secondary N) is 2. The Morgan fingerprint density at radius 1 is 1.45 bits per heavy atom. The molecule has 0 saturated carbocycles. The summed E-state index contributed by atoms with van der Waals surface area (Å²) in [5.74, 6) is -0.00328. The zero-order valence-corrected chi connectivity index (χ0v) is 13.2. The number of rotatable bonds is 4. The predicted molar refractivity (Wildman–Crippen MR) is 85.6 cm³/mol. The van der Waals surface area contributed by atoms with Crippen LogP contribution in [-0.2, 0) is 22.5 Å². The van der Waals surface area contributed by atoms with Gasteiger partial charge in [0, 0.05) is 38.8 Å². The van der Waals surface area contributed by atoms with Gasteiger partial charge in [0.1, 0.15) is 6.10 Å². The lowest BCUT2D eigenvalue weighted by atomic mass is 9.99. The average Bonchev–Trinajstić information content (AvgIpc) is 2.59. The fraction of sp³-hybridized carbons (Fsp3) is 0.588. The highest BCUT2D eigenvalue weighted by Crippen LogP contribution is 2.19. The number of carbonyl (C=O) groups excluding carboxylic acids is 1. The van der Waals surface area contributed by atoms with Crippen LogP contribution in [0.2, 0.25) is 0 Å². The van der Waals surface area contributed by atoms with Crippen LogP contribution in [0, 0.1) is 0 Å². The van der Waals surface area contributed by atoms with Gasteiger partial charge in [-0.2, -0.15) is 0 Å². The van der Waals surface area contributed by atoms with Crippen LogP contribution in [0.25, 0.3) is 0 Å². The van der Waals surface area contributed by atoms with Crippen molar-refractivity contribution in [2.24, 2.45) is 0 Å². The highest BCUT2D eigenvalue weighted by molar-refractivity contribution is 5.81. The van der Waals surface area contributed by atoms with Gasteiger partial charge in [-0.05, 0) is 24.5 Å². The maximum Gasteiger partial charge on any atom is 0.250 e. The van der Waals surface area contributed by atoms with E-state index in [2.05, 4.69) is 46.7 Å². The van der Waals surface area contributed by atoms with Crippen molar-refractivity contribution in [3.63, 3.8) is 0 Å². The van der Waals surface area contributed by atoms with Gasteiger partial charge in [-0.15, -0.1) is 0 Å². The van der Waals surface area contributed by atoms with Crippen LogP contribution in [0.3, 0.4) is 0 Å². The summed E-state index contributed by atoms with van der Waals surface area (Å²) < 4.78 is 5.48. The number of benzene rings is 1. The SMILES string of the molecule is CC(CNC(=O)C1CNCCO1)N1CCc2ccccc2C1. The number of amides is 1. The maximum atomic E-state index is 12.1. The smallest absolute Gasteiger partial charge is 0.250 e. The number of morpholine rings is 1. The molecule has 1 fully saturated rings. The van der Waals surface area contributed by atoms with Crippen LogP contribution in [0.1, 0.15) is 18.1 Å². The molecule has 2 unspecified atom stereocenters. The van der Waals surface area contributed by atoms with Crippen molar-refractivity contribution in [3.05, 3.63) is 35.4 Å². The summed E-state index contributed by atoms with van der Waals surface area (Å²) in [5.41, 5.74) is 2.86. The monoisotopic (exact) mass is 303 g/mol. The van der Waals surface area contributed by atoms with E-state index in [1.807, 2.05) is 0 Å². The van der Waals surface area contributed by atoms with Crippen LogP contribution < -0.4 is 10.6 Å². The third kappa shape index (κ3) is 3.66. The quantitative estimate of drug-likeness (QED) is 0.852. The molecule has 2 N–H and O–H groups in total. The first-order chi connectivity index (χ1) is 10.7. The zero-order valence-electron chi connectivity index (χ0n) is 13.2. The molecule has 1 aromatic carbocycles. The number of ether oxygens (including phenoxy) is 1. The minimum atomic E-state index is -0.344. The molecule has 3 rings (SSSR count). The second kappa shape index (κ2) is 7.22. The molecule has 2 aliphatic rings. The van der Waals surface area contributed by atoms with Gasteiger partial charge in [0.2, 0.25) is 0 Å². The van der Waals surface area contributed by atoms with E-state index >= 15 is 0 Å². The second-order valence-corrected chi connectivity index (χ2v) is 6.15. The number of hydrogen-bond donors (Lipinski definition) is 2. The molecule has 2 aliphatic heterocycles. The van der Waals surface area contributed by atoms with Crippen molar-refractivity contribution in [1.82, 2.24) is 15.5 Å². The molecular formula is C17H25N3O2. The van der Waals surface area contributed by atoms with Gasteiger partial charge >= 0.3 is 0 Å². The van der Waals surface area contributed by atoms with E-state index in [9.17, 15) is 4.79 Å². The lowest BCUT2D eigenvalue weighted by molar-refractivity contribution is -0.134. The summed E-state index contributed by atoms with van der Waals surface area (Å²) in [4.78, 5) is 14.5. The van der Waals surface area contributed by atoms with Crippen LogP contribution in [0.4, 0.5) is 0 Å². The van der Waals surface area contributed by atoms with Gasteiger partial charge in [0.05, 0.1) is 6.61 Å². The van der Waals surface area contributed by atoms with E-state index in [-0.39, 0.29) is 12.0 Å². The van der Waals surface area contributed by atoms with E-state index < -0.39 is 0 Å². The standard InChI is InChI=1S/C17H25N3O2/c1-13(10-19-17(21)16-11-18-7-9-22-16)20-8-6-14-4-2-3-5-15(14)12-20/h2-5,13,16,18H,6-12H2,1H3,(H,19,21). The Morgan fingerprint density at radius 3 is 3.05 bits per heavy atom. The van der Waals surface area contributed by atoms with Gasteiger partial charge in [-0.3, -0.25) is 9.69 Å². The molecule has 0 aromatic heterocycles. The zero-order chi connectivity index (χ0) is 15.4. The first kappa shape index (κ1) is 15.5. The van der Waals surface area contributed by atoms with Crippen LogP contribution in [-0.4, -0.2) is 55.7 Å². The Bertz CT molecular complexity index is 514. The van der Waals surface area contributed by atoms with E-state index in [1.165, 1.54) is 11.1 Å². The molecular weight excluding hydrogens is 278 g/mol. The molecule has 1 saturated heterocycles. The Kier molecular flexibility index (Phi) is 5.08. The summed E-state index contributed by atoms with van der Waals surface area (Å²) in [5, 5.41) is 6.21. The normalized spacial score (nSPS) is 23.6. The fourth-order valence-electron chi connectivity index (χ4n) is 3.12. The number of hydrogen-bond acceptors (Lipinski definition) is 4. The van der Waals surface area contributed by atoms with E-state index in [1.54, 1.807) is 0 Å². The summed E-state index contributed by atoms with van der Waals surface area (Å²) in [6, 6.07) is 8.95. The highest BCUT2D eigenvalue weighted by Gasteiger charge is 2.24. The third-order valence-corrected chi connectivity index (χ3v) is 4.58. The van der Waals surface area contributed by atoms with Crippen molar-refractivity contribution in [2.45, 2.75) is 32.0 Å². The molecule has 1 aromatic rings. The molecule has 2 heterocycles. The van der Waals surface area contributed by atoms with Crippen molar-refractivity contribution < 1.29 is 9.53 Å². The minimum Gasteiger partial charge on any atom is -0.366 e. The van der Waals surface area contributed by atoms with E-state index in [4.69, 9.17) is 4.74 Å². The fourth-order valence-corrected chi connectivity index (χ4v) is 3.12. The molecule has 5 nitrogen and oxygen atoms in total. The Balaban J connectivity index is 1.48. The Hall–Kier alpha value is -1.43. The summed E-state index contributed by atoms with van der Waals surface area (Å²) in [6.45, 7) is 6.90. The predicted octanol–water partition coefficient (Wildman–Crippen LogP) is 0.538. The summed E-state index contributed by atoms with van der Waals surface area (Å²) >= 11 is 0. The van der Waals surface area contributed by atoms with E-state index in [0.717, 1.165) is 26.1 Å². The number of fused-ring (bicyclic) bond motifs is 1. The summed E-state index contributed by atoms with van der Waals surface area (Å²) in [7, 11) is 0. The third-order valence-electron chi connectivity index (χ3n) is 4.58. The average molecular weight is 303 g/mol. The lowest BCUT2D eigenvalue weighted by Crippen LogP contribution is -2.51. The molecule has 2 atom stereocenters. The van der Waals surface area contributed by atoms with Gasteiger partial charge in [0.15, 0.2) is 0 Å². The molecule has 0 bridgehead atoms. The van der Waals surface area contributed by atoms with Crippen LogP contribution in [0.15, 0.2) is 24.3 Å². The first-order valence-corrected chi connectivity index (χ1v) is 8.15. The molecule has 0 spiro atoms. The molecule has 1 amide bonds. The van der Waals surface area contributed by atoms with Crippen LogP contribution in [0.5, 0.6) is 0 Å². The number of nitrogens with zero attached hydrogens (tertiary/aromatic N) is 1. The van der Waals surface area contributed by atoms with Gasteiger partial charge in [-0.25, -0.2) is 0 Å². The Labute approximate surface area is 132 Å². The minimum absolute atomic E-state index is 0.00328. The van der Waals surface area contributed by atoms with Crippen molar-refractivity contribution in [1.29, 1.82) is 0 Å². The van der Waals surface area contributed by atoms with Crippen molar-refractivity contribution >= 4 is 5.91 Å². The molecule has 120 valence electrons. The largest absolute Gasteiger partial charge is 0.366 e. The molecule has 0 aliphatic carbocycles. The lowest BCUT2D eigenvalue weighted by Gasteiger charge is -2.34. The first-order valence-electron chi connectivity index (χ1n) is 8.15. The van der Waals surface area contributed by atoms with Gasteiger partial charge < -0.3 is 15.4 Å². The maximum absolute atomic E-state index is 12.1. The number of carbonyl (C=O) groups is 1. The van der Waals surface area contributed by atoms with Crippen LogP contribution >= 0.6 is 0 Å². The van der Waals surface area contributed by atoms with E-state index in [0.29, 0.717) is 25.7 Å². The summed E-state index contributed by atoms with van der Waals surface area (Å²) in [6.07, 6.45) is 0.743. The molecule has 0 radical (unpaired) electrons. The topological polar surface area (TPSA) is 53.6 Å². The van der Waals surface area contributed by atoms with Crippen molar-refractivity contribution in [3.8, 4) is 0 Å². The second-order valence-electron chi connectivity index (χ2n) is 6.15. The molecule has 5 heteroatoms. The molecule has 22 heavy (non-hydrogen) atoms. The van der Waals surface area contributed by atoms with Crippen molar-refractivity contribution in [2.75, 3.05) is 32.8 Å². The van der Waals surface area contributed by atoms with Gasteiger partial charge in [0.25, 0.3) is 5.91 Å².